The molecule has 0 spiro atoms. The molecule has 2 aromatic rings. The first kappa shape index (κ1) is 19.9. The van der Waals surface area contributed by atoms with Gasteiger partial charge >= 0.3 is 0 Å². The number of hydrogen-bond acceptors (Lipinski definition) is 2. The fourth-order valence-corrected chi connectivity index (χ4v) is 4.03. The summed E-state index contributed by atoms with van der Waals surface area (Å²) in [4.78, 5) is 12.5. The standard InChI is InChI=1S/C24H28BrNO/c1-15(2)16(3)13-21(27)14-18-5-10-23-22(17(18)4)11-12-24(23)26-20-8-6-19(25)7-9-20/h5-10,24,26H,11-14H2,1-4H3. The number of allylic oxidation sites excluding steroid dienone is 2. The van der Waals surface area contributed by atoms with Crippen LogP contribution in [0.5, 0.6) is 0 Å². The summed E-state index contributed by atoms with van der Waals surface area (Å²) in [6.45, 7) is 8.38. The molecule has 1 unspecified atom stereocenters. The Morgan fingerprint density at radius 1 is 1.11 bits per heavy atom. The molecule has 0 saturated heterocycles. The second-order valence-corrected chi connectivity index (χ2v) is 8.75. The molecule has 0 heterocycles. The fourth-order valence-electron chi connectivity index (χ4n) is 3.76. The van der Waals surface area contributed by atoms with E-state index in [1.807, 2.05) is 0 Å². The first-order valence-corrected chi connectivity index (χ1v) is 10.4. The van der Waals surface area contributed by atoms with Crippen LogP contribution in [0.4, 0.5) is 5.69 Å². The van der Waals surface area contributed by atoms with E-state index >= 15 is 0 Å². The lowest BCUT2D eigenvalue weighted by Crippen LogP contribution is -2.09. The third kappa shape index (κ3) is 4.70. The van der Waals surface area contributed by atoms with Crippen LogP contribution in [0.1, 0.15) is 61.9 Å². The molecule has 142 valence electrons. The number of carbonyl (C=O) groups is 1. The second kappa shape index (κ2) is 8.43. The molecule has 0 aliphatic heterocycles. The van der Waals surface area contributed by atoms with Crippen molar-refractivity contribution in [3.05, 3.63) is 74.3 Å². The highest BCUT2D eigenvalue weighted by molar-refractivity contribution is 9.10. The Bertz CT molecular complexity index is 876. The summed E-state index contributed by atoms with van der Waals surface area (Å²) in [5.41, 5.74) is 8.87. The molecule has 0 aromatic heterocycles. The van der Waals surface area contributed by atoms with E-state index in [-0.39, 0.29) is 0 Å². The minimum Gasteiger partial charge on any atom is -0.378 e. The van der Waals surface area contributed by atoms with Crippen molar-refractivity contribution >= 4 is 27.4 Å². The van der Waals surface area contributed by atoms with Crippen molar-refractivity contribution in [2.75, 3.05) is 5.32 Å². The highest BCUT2D eigenvalue weighted by Gasteiger charge is 2.25. The largest absolute Gasteiger partial charge is 0.378 e. The van der Waals surface area contributed by atoms with Crippen LogP contribution in [-0.4, -0.2) is 5.78 Å². The Kier molecular flexibility index (Phi) is 6.21. The zero-order valence-corrected chi connectivity index (χ0v) is 18.2. The van der Waals surface area contributed by atoms with E-state index in [0.29, 0.717) is 24.7 Å². The SMILES string of the molecule is CC(C)=C(C)CC(=O)Cc1ccc2c(c1C)CCC2Nc1ccc(Br)cc1. The van der Waals surface area contributed by atoms with Gasteiger partial charge in [0.25, 0.3) is 0 Å². The average Bonchev–Trinajstić information content (AvgIpc) is 3.03. The van der Waals surface area contributed by atoms with Gasteiger partial charge in [0.2, 0.25) is 0 Å². The number of ketones is 1. The second-order valence-electron chi connectivity index (χ2n) is 7.83. The lowest BCUT2D eigenvalue weighted by atomic mass is 9.93. The van der Waals surface area contributed by atoms with Gasteiger partial charge in [0, 0.05) is 23.0 Å². The van der Waals surface area contributed by atoms with Gasteiger partial charge in [0.05, 0.1) is 6.04 Å². The summed E-state index contributed by atoms with van der Waals surface area (Å²) in [6, 6.07) is 13.1. The van der Waals surface area contributed by atoms with Crippen LogP contribution in [0, 0.1) is 6.92 Å². The van der Waals surface area contributed by atoms with E-state index in [2.05, 4.69) is 85.3 Å². The van der Waals surface area contributed by atoms with E-state index < -0.39 is 0 Å². The molecule has 2 aromatic carbocycles. The number of fused-ring (bicyclic) bond motifs is 1. The van der Waals surface area contributed by atoms with Crippen LogP contribution in [0.2, 0.25) is 0 Å². The number of hydrogen-bond donors (Lipinski definition) is 1. The molecule has 0 saturated carbocycles. The van der Waals surface area contributed by atoms with Gasteiger partial charge in [-0.05, 0) is 87.1 Å². The molecule has 1 N–H and O–H groups in total. The summed E-state index contributed by atoms with van der Waals surface area (Å²) >= 11 is 3.49. The fraction of sp³-hybridized carbons (Fsp3) is 0.375. The molecule has 2 nitrogen and oxygen atoms in total. The van der Waals surface area contributed by atoms with Gasteiger partial charge in [0.15, 0.2) is 0 Å². The first-order valence-electron chi connectivity index (χ1n) is 9.63. The van der Waals surface area contributed by atoms with Crippen molar-refractivity contribution in [3.8, 4) is 0 Å². The molecule has 3 rings (SSSR count). The van der Waals surface area contributed by atoms with E-state index in [0.717, 1.165) is 23.0 Å². The Hall–Kier alpha value is -1.87. The Morgan fingerprint density at radius 2 is 1.81 bits per heavy atom. The number of carbonyl (C=O) groups excluding carboxylic acids is 1. The summed E-state index contributed by atoms with van der Waals surface area (Å²) < 4.78 is 1.09. The van der Waals surface area contributed by atoms with E-state index in [4.69, 9.17) is 0 Å². The lowest BCUT2D eigenvalue weighted by Gasteiger charge is -2.17. The summed E-state index contributed by atoms with van der Waals surface area (Å²) in [6.07, 6.45) is 3.27. The zero-order chi connectivity index (χ0) is 19.6. The van der Waals surface area contributed by atoms with Crippen LogP contribution in [0.3, 0.4) is 0 Å². The van der Waals surface area contributed by atoms with Crippen molar-refractivity contribution in [3.63, 3.8) is 0 Å². The molecular formula is C24H28BrNO. The van der Waals surface area contributed by atoms with Gasteiger partial charge in [-0.2, -0.15) is 0 Å². The first-order chi connectivity index (χ1) is 12.8. The average molecular weight is 426 g/mol. The molecule has 1 aliphatic carbocycles. The molecule has 0 fully saturated rings. The zero-order valence-electron chi connectivity index (χ0n) is 16.7. The number of nitrogens with one attached hydrogen (secondary N) is 1. The van der Waals surface area contributed by atoms with Crippen LogP contribution in [0.15, 0.2) is 52.0 Å². The van der Waals surface area contributed by atoms with Crippen molar-refractivity contribution in [2.45, 2.75) is 59.4 Å². The monoisotopic (exact) mass is 425 g/mol. The number of benzene rings is 2. The predicted molar refractivity (Wildman–Crippen MR) is 117 cm³/mol. The van der Waals surface area contributed by atoms with Crippen molar-refractivity contribution in [1.82, 2.24) is 0 Å². The number of rotatable bonds is 6. The van der Waals surface area contributed by atoms with Crippen LogP contribution >= 0.6 is 15.9 Å². The van der Waals surface area contributed by atoms with Gasteiger partial charge < -0.3 is 5.32 Å². The third-order valence-electron chi connectivity index (χ3n) is 5.69. The van der Waals surface area contributed by atoms with Crippen molar-refractivity contribution in [1.29, 1.82) is 0 Å². The minimum atomic E-state index is 0.305. The van der Waals surface area contributed by atoms with E-state index in [1.54, 1.807) is 0 Å². The molecule has 0 radical (unpaired) electrons. The minimum absolute atomic E-state index is 0.305. The Balaban J connectivity index is 1.74. The molecular weight excluding hydrogens is 398 g/mol. The molecule has 0 bridgehead atoms. The van der Waals surface area contributed by atoms with Gasteiger partial charge in [-0.15, -0.1) is 0 Å². The predicted octanol–water partition coefficient (Wildman–Crippen LogP) is 6.71. The summed E-state index contributed by atoms with van der Waals surface area (Å²) in [7, 11) is 0. The summed E-state index contributed by atoms with van der Waals surface area (Å²) in [5, 5.41) is 3.66. The topological polar surface area (TPSA) is 29.1 Å². The highest BCUT2D eigenvalue weighted by Crippen LogP contribution is 2.37. The van der Waals surface area contributed by atoms with Crippen LogP contribution in [-0.2, 0) is 17.6 Å². The maximum atomic E-state index is 12.5. The van der Waals surface area contributed by atoms with Gasteiger partial charge in [0.1, 0.15) is 5.78 Å². The smallest absolute Gasteiger partial charge is 0.141 e. The normalized spacial score (nSPS) is 15.4. The van der Waals surface area contributed by atoms with Gasteiger partial charge in [-0.3, -0.25) is 4.79 Å². The van der Waals surface area contributed by atoms with Crippen LogP contribution in [0.25, 0.3) is 0 Å². The summed E-state index contributed by atoms with van der Waals surface area (Å²) in [5.74, 6) is 0.305. The Morgan fingerprint density at radius 3 is 2.48 bits per heavy atom. The van der Waals surface area contributed by atoms with E-state index in [9.17, 15) is 4.79 Å². The highest BCUT2D eigenvalue weighted by atomic mass is 79.9. The number of anilines is 1. The maximum Gasteiger partial charge on any atom is 0.141 e. The number of Topliss-reactive ketones (excluding diaryl/α,β-unsaturated/α-hetero) is 1. The molecule has 1 atom stereocenters. The van der Waals surface area contributed by atoms with Crippen molar-refractivity contribution in [2.24, 2.45) is 0 Å². The molecule has 27 heavy (non-hydrogen) atoms. The van der Waals surface area contributed by atoms with Gasteiger partial charge in [-0.25, -0.2) is 0 Å². The number of halogens is 1. The Labute approximate surface area is 171 Å². The molecule has 3 heteroatoms. The van der Waals surface area contributed by atoms with Crippen LogP contribution < -0.4 is 5.32 Å². The quantitative estimate of drug-likeness (QED) is 0.520. The maximum absolute atomic E-state index is 12.5. The van der Waals surface area contributed by atoms with Crippen molar-refractivity contribution < 1.29 is 4.79 Å². The third-order valence-corrected chi connectivity index (χ3v) is 6.22. The molecule has 1 aliphatic rings. The van der Waals surface area contributed by atoms with Gasteiger partial charge in [-0.1, -0.05) is 39.2 Å². The van der Waals surface area contributed by atoms with E-state index in [1.165, 1.54) is 33.4 Å². The lowest BCUT2D eigenvalue weighted by molar-refractivity contribution is -0.117. The molecule has 0 amide bonds.